The van der Waals surface area contributed by atoms with Crippen LogP contribution in [0.5, 0.6) is 0 Å². The molecule has 1 aromatic rings. The molecule has 0 radical (unpaired) electrons. The molecular formula is C8H15N3S. The fourth-order valence-corrected chi connectivity index (χ4v) is 1.78. The minimum Gasteiger partial charge on any atom is -0.317 e. The van der Waals surface area contributed by atoms with Crippen LogP contribution in [0.2, 0.25) is 0 Å². The standard InChI is InChI=1S/C8H15N3S/c1-3-4-7(9-2)5-8-10-6-11-12-8/h6-7,9H,3-5H2,1-2H3. The Bertz CT molecular complexity index is 198. The first kappa shape index (κ1) is 9.61. The lowest BCUT2D eigenvalue weighted by molar-refractivity contribution is 0.513. The van der Waals surface area contributed by atoms with Crippen molar-refractivity contribution in [3.63, 3.8) is 0 Å². The Morgan fingerprint density at radius 2 is 2.50 bits per heavy atom. The molecule has 1 rings (SSSR count). The largest absolute Gasteiger partial charge is 0.317 e. The second kappa shape index (κ2) is 5.22. The summed E-state index contributed by atoms with van der Waals surface area (Å²) in [6, 6.07) is 0.558. The van der Waals surface area contributed by atoms with Gasteiger partial charge >= 0.3 is 0 Å². The van der Waals surface area contributed by atoms with E-state index in [0.29, 0.717) is 6.04 Å². The van der Waals surface area contributed by atoms with Crippen LogP contribution in [0.1, 0.15) is 24.8 Å². The Morgan fingerprint density at radius 3 is 3.00 bits per heavy atom. The van der Waals surface area contributed by atoms with E-state index in [1.165, 1.54) is 24.4 Å². The molecule has 1 N–H and O–H groups in total. The van der Waals surface area contributed by atoms with Crippen molar-refractivity contribution in [2.45, 2.75) is 32.2 Å². The maximum Gasteiger partial charge on any atom is 0.129 e. The average molecular weight is 185 g/mol. The van der Waals surface area contributed by atoms with Gasteiger partial charge in [-0.25, -0.2) is 4.98 Å². The van der Waals surface area contributed by atoms with Crippen LogP contribution in [0.15, 0.2) is 6.33 Å². The normalized spacial score (nSPS) is 13.2. The average Bonchev–Trinajstić information content (AvgIpc) is 2.56. The van der Waals surface area contributed by atoms with Crippen LogP contribution in [0, 0.1) is 0 Å². The third-order valence-electron chi connectivity index (χ3n) is 1.87. The predicted molar refractivity (Wildman–Crippen MR) is 51.4 cm³/mol. The zero-order chi connectivity index (χ0) is 8.81. The minimum absolute atomic E-state index is 0.558. The molecule has 0 amide bonds. The van der Waals surface area contributed by atoms with E-state index in [4.69, 9.17) is 0 Å². The van der Waals surface area contributed by atoms with Gasteiger partial charge in [0.05, 0.1) is 0 Å². The Morgan fingerprint density at radius 1 is 1.67 bits per heavy atom. The van der Waals surface area contributed by atoms with Crippen molar-refractivity contribution in [2.24, 2.45) is 0 Å². The van der Waals surface area contributed by atoms with Gasteiger partial charge < -0.3 is 5.32 Å². The molecule has 0 aromatic carbocycles. The van der Waals surface area contributed by atoms with E-state index in [-0.39, 0.29) is 0 Å². The molecule has 3 nitrogen and oxygen atoms in total. The Balaban J connectivity index is 2.37. The van der Waals surface area contributed by atoms with Gasteiger partial charge in [0.2, 0.25) is 0 Å². The fourth-order valence-electron chi connectivity index (χ4n) is 1.19. The van der Waals surface area contributed by atoms with Gasteiger partial charge in [0.1, 0.15) is 11.3 Å². The number of nitrogens with one attached hydrogen (secondary N) is 1. The SMILES string of the molecule is CCCC(Cc1ncns1)NC. The van der Waals surface area contributed by atoms with Crippen molar-refractivity contribution in [2.75, 3.05) is 7.05 Å². The first-order chi connectivity index (χ1) is 5.86. The molecule has 0 spiro atoms. The van der Waals surface area contributed by atoms with Crippen LogP contribution in [0.3, 0.4) is 0 Å². The molecule has 0 bridgehead atoms. The number of aromatic nitrogens is 2. The van der Waals surface area contributed by atoms with E-state index in [0.717, 1.165) is 11.4 Å². The van der Waals surface area contributed by atoms with Crippen LogP contribution < -0.4 is 5.32 Å². The van der Waals surface area contributed by atoms with Crippen LogP contribution in [-0.4, -0.2) is 22.4 Å². The summed E-state index contributed by atoms with van der Waals surface area (Å²) in [6.45, 7) is 2.20. The molecule has 1 atom stereocenters. The maximum absolute atomic E-state index is 4.15. The molecule has 0 aliphatic rings. The lowest BCUT2D eigenvalue weighted by Gasteiger charge is -2.12. The van der Waals surface area contributed by atoms with E-state index < -0.39 is 0 Å². The van der Waals surface area contributed by atoms with Gasteiger partial charge in [-0.15, -0.1) is 0 Å². The Kier molecular flexibility index (Phi) is 4.18. The molecule has 0 aliphatic carbocycles. The van der Waals surface area contributed by atoms with Gasteiger partial charge in [-0.3, -0.25) is 0 Å². The summed E-state index contributed by atoms with van der Waals surface area (Å²) in [5.74, 6) is 0. The highest BCUT2D eigenvalue weighted by atomic mass is 32.1. The smallest absolute Gasteiger partial charge is 0.129 e. The molecule has 1 heterocycles. The van der Waals surface area contributed by atoms with Crippen molar-refractivity contribution in [1.29, 1.82) is 0 Å². The third-order valence-corrected chi connectivity index (χ3v) is 2.56. The lowest BCUT2D eigenvalue weighted by atomic mass is 10.1. The second-order valence-electron chi connectivity index (χ2n) is 2.81. The van der Waals surface area contributed by atoms with Crippen molar-refractivity contribution in [3.05, 3.63) is 11.3 Å². The molecule has 4 heteroatoms. The summed E-state index contributed by atoms with van der Waals surface area (Å²) in [5.41, 5.74) is 0. The highest BCUT2D eigenvalue weighted by Crippen LogP contribution is 2.07. The third kappa shape index (κ3) is 2.87. The highest BCUT2D eigenvalue weighted by Gasteiger charge is 2.07. The molecular weight excluding hydrogens is 170 g/mol. The number of rotatable bonds is 5. The van der Waals surface area contributed by atoms with E-state index in [2.05, 4.69) is 21.6 Å². The van der Waals surface area contributed by atoms with E-state index in [1.54, 1.807) is 6.33 Å². The van der Waals surface area contributed by atoms with Crippen molar-refractivity contribution < 1.29 is 0 Å². The van der Waals surface area contributed by atoms with Crippen LogP contribution in [0.4, 0.5) is 0 Å². The van der Waals surface area contributed by atoms with Crippen LogP contribution in [-0.2, 0) is 6.42 Å². The van der Waals surface area contributed by atoms with Crippen LogP contribution >= 0.6 is 11.5 Å². The molecule has 0 fully saturated rings. The fraction of sp³-hybridized carbons (Fsp3) is 0.750. The quantitative estimate of drug-likeness (QED) is 0.755. The van der Waals surface area contributed by atoms with Gasteiger partial charge in [-0.05, 0) is 25.0 Å². The maximum atomic E-state index is 4.15. The number of hydrogen-bond acceptors (Lipinski definition) is 4. The molecule has 1 unspecified atom stereocenters. The molecule has 68 valence electrons. The van der Waals surface area contributed by atoms with Crippen molar-refractivity contribution >= 4 is 11.5 Å². The van der Waals surface area contributed by atoms with Gasteiger partial charge in [0.15, 0.2) is 0 Å². The number of hydrogen-bond donors (Lipinski definition) is 1. The van der Waals surface area contributed by atoms with E-state index >= 15 is 0 Å². The van der Waals surface area contributed by atoms with Gasteiger partial charge in [0, 0.05) is 12.5 Å². The summed E-state index contributed by atoms with van der Waals surface area (Å²) in [5, 5.41) is 4.41. The molecule has 0 saturated carbocycles. The summed E-state index contributed by atoms with van der Waals surface area (Å²) in [6.07, 6.45) is 5.05. The lowest BCUT2D eigenvalue weighted by Crippen LogP contribution is -2.27. The number of nitrogens with zero attached hydrogens (tertiary/aromatic N) is 2. The summed E-state index contributed by atoms with van der Waals surface area (Å²) in [7, 11) is 2.00. The first-order valence-corrected chi connectivity index (χ1v) is 5.07. The summed E-state index contributed by atoms with van der Waals surface area (Å²) < 4.78 is 3.97. The first-order valence-electron chi connectivity index (χ1n) is 4.29. The molecule has 1 aromatic heterocycles. The molecule has 0 saturated heterocycles. The van der Waals surface area contributed by atoms with Crippen molar-refractivity contribution in [3.8, 4) is 0 Å². The minimum atomic E-state index is 0.558. The van der Waals surface area contributed by atoms with Crippen molar-refractivity contribution in [1.82, 2.24) is 14.7 Å². The number of likely N-dealkylation sites (N-methyl/N-ethyl adjacent to an activating group) is 1. The second-order valence-corrected chi connectivity index (χ2v) is 3.68. The van der Waals surface area contributed by atoms with E-state index in [1.807, 2.05) is 7.05 Å². The van der Waals surface area contributed by atoms with Crippen LogP contribution in [0.25, 0.3) is 0 Å². The molecule has 0 aliphatic heterocycles. The van der Waals surface area contributed by atoms with Gasteiger partial charge in [0.25, 0.3) is 0 Å². The highest BCUT2D eigenvalue weighted by molar-refractivity contribution is 7.05. The van der Waals surface area contributed by atoms with E-state index in [9.17, 15) is 0 Å². The summed E-state index contributed by atoms with van der Waals surface area (Å²) >= 11 is 1.49. The zero-order valence-electron chi connectivity index (χ0n) is 7.58. The van der Waals surface area contributed by atoms with Gasteiger partial charge in [-0.1, -0.05) is 13.3 Å². The summed E-state index contributed by atoms with van der Waals surface area (Å²) in [4.78, 5) is 4.15. The molecule has 12 heavy (non-hydrogen) atoms. The van der Waals surface area contributed by atoms with Gasteiger partial charge in [-0.2, -0.15) is 4.37 Å². The predicted octanol–water partition coefficient (Wildman–Crippen LogP) is 1.47. The Hall–Kier alpha value is -0.480. The zero-order valence-corrected chi connectivity index (χ0v) is 8.40. The topological polar surface area (TPSA) is 37.8 Å². The Labute approximate surface area is 77.4 Å². The monoisotopic (exact) mass is 185 g/mol.